The van der Waals surface area contributed by atoms with E-state index in [1.807, 2.05) is 0 Å². The summed E-state index contributed by atoms with van der Waals surface area (Å²) >= 11 is 0. The molecule has 0 aliphatic rings. The Morgan fingerprint density at radius 2 is 0.458 bits per heavy atom. The van der Waals surface area contributed by atoms with Crippen molar-refractivity contribution in [3.8, 4) is 0 Å². The van der Waals surface area contributed by atoms with Gasteiger partial charge < -0.3 is 0 Å². The maximum atomic E-state index is 14.7. The van der Waals surface area contributed by atoms with E-state index in [1.165, 1.54) is 0 Å². The van der Waals surface area contributed by atoms with E-state index in [0.717, 1.165) is 13.3 Å². The third kappa shape index (κ3) is 7.94. The van der Waals surface area contributed by atoms with Crippen LogP contribution in [-0.4, -0.2) is 112 Å². The van der Waals surface area contributed by atoms with Crippen molar-refractivity contribution in [1.82, 2.24) is 0 Å². The smallest absolute Gasteiger partial charge is 0.297 e. The highest BCUT2D eigenvalue weighted by Crippen LogP contribution is 2.65. The summed E-state index contributed by atoms with van der Waals surface area (Å²) in [5.41, 5.74) is 0. The van der Waals surface area contributed by atoms with E-state index in [-0.39, 0.29) is 0 Å². The Bertz CT molecular complexity index is 1600. The fourth-order valence-corrected chi connectivity index (χ4v) is 8.51. The van der Waals surface area contributed by atoms with Gasteiger partial charge in [-0.25, -0.2) is 8.42 Å². The molecule has 0 spiro atoms. The minimum atomic E-state index is -12.3. The first-order chi connectivity index (χ1) is 24.6. The first kappa shape index (κ1) is 56.5. The second-order valence-corrected chi connectivity index (χ2v) is 16.2. The van der Waals surface area contributed by atoms with E-state index in [9.17, 15) is 166 Å². The van der Waals surface area contributed by atoms with E-state index in [1.54, 1.807) is 0 Å². The van der Waals surface area contributed by atoms with Crippen LogP contribution in [-0.2, 0) is 22.6 Å². The Hall–Kier alpha value is -2.47. The van der Waals surface area contributed by atoms with Crippen molar-refractivity contribution in [1.29, 1.82) is 0 Å². The van der Waals surface area contributed by atoms with Crippen LogP contribution in [0.2, 0.25) is 0 Å². The van der Waals surface area contributed by atoms with E-state index >= 15 is 0 Å². The second-order valence-electron chi connectivity index (χ2n) is 9.96. The third-order valence-corrected chi connectivity index (χ3v) is 12.5. The van der Waals surface area contributed by atoms with Gasteiger partial charge in [0.25, 0.3) is 9.29 Å². The number of rotatable bonds is 16. The first-order valence-corrected chi connectivity index (χ1v) is 15.7. The molecule has 0 amide bonds. The summed E-state index contributed by atoms with van der Waals surface area (Å²) in [4.78, 5) is 0. The highest BCUT2D eigenvalue weighted by molar-refractivity contribution is 8.20. The maximum absolute atomic E-state index is 14.7. The number of halogens is 36. The van der Waals surface area contributed by atoms with Gasteiger partial charge in [-0.05, 0) is 0 Å². The molecule has 0 aliphatic heterocycles. The van der Waals surface area contributed by atoms with Gasteiger partial charge in [-0.15, -0.1) is 0 Å². The highest BCUT2D eigenvalue weighted by atomic mass is 32.4. The van der Waals surface area contributed by atoms with Gasteiger partial charge in [0, 0.05) is 0 Å². The van der Waals surface area contributed by atoms with Crippen LogP contribution in [0.25, 0.3) is 0 Å². The Morgan fingerprint density at radius 3 is 0.678 bits per heavy atom. The van der Waals surface area contributed by atoms with Crippen molar-refractivity contribution < 1.29 is 180 Å². The van der Waals surface area contributed by atoms with Crippen LogP contribution in [0, 0.1) is 0 Å². The van der Waals surface area contributed by atoms with Gasteiger partial charge in [0.15, 0.2) is 0 Å². The van der Waals surface area contributed by atoms with Gasteiger partial charge in [0.2, 0.25) is 0 Å². The molecule has 0 saturated carbocycles. The molecule has 0 aromatic rings. The molecule has 0 heterocycles. The lowest BCUT2D eigenvalue weighted by Gasteiger charge is -2.43. The second kappa shape index (κ2) is 14.0. The molecule has 0 unspecified atom stereocenters. The molecule has 0 radical (unpaired) electrons. The number of alkyl halides is 36. The molecule has 0 aromatic carbocycles. The molecule has 43 heteroatoms. The average molecular weight is 1020 g/mol. The predicted octanol–water partition coefficient (Wildman–Crippen LogP) is 10.6. The molecule has 0 atom stereocenters. The van der Waals surface area contributed by atoms with E-state index in [4.69, 9.17) is 0 Å². The SMILES string of the molecule is O=S(=O)(C(F)(F)C(F)(F)C(F)(F)C(F)(F)C(F)(F)C(F)(F)F)[Si](OC(F)(F)C(F)(F)F)(OC(F)(F)C(F)(F)F)OC(F)(F)C(F)(F)C(F)(F)C(F)(F)C(F)(F)C(F)(F)F. The Balaban J connectivity index is 9.11. The van der Waals surface area contributed by atoms with Gasteiger partial charge in [-0.3, -0.25) is 13.3 Å². The fraction of sp³-hybridized carbons (Fsp3) is 1.00. The van der Waals surface area contributed by atoms with Crippen LogP contribution >= 0.6 is 0 Å². The Kier molecular flexibility index (Phi) is 13.4. The van der Waals surface area contributed by atoms with E-state index < -0.39 is 113 Å². The van der Waals surface area contributed by atoms with Crippen molar-refractivity contribution in [2.45, 2.75) is 95.7 Å². The lowest BCUT2D eigenvalue weighted by Crippen LogP contribution is -2.77. The molecule has 0 aliphatic carbocycles. The minimum absolute atomic E-state index is 0.848. The summed E-state index contributed by atoms with van der Waals surface area (Å²) in [6.45, 7) is 0. The summed E-state index contributed by atoms with van der Waals surface area (Å²) in [6, 6.07) is 0. The summed E-state index contributed by atoms with van der Waals surface area (Å²) in [7, 11) is -23.8. The average Bonchev–Trinajstić information content (AvgIpc) is 2.92. The quantitative estimate of drug-likeness (QED) is 0.114. The summed E-state index contributed by atoms with van der Waals surface area (Å²) in [5.74, 6) is -77.4. The highest BCUT2D eigenvalue weighted by Gasteiger charge is 2.97. The van der Waals surface area contributed by atoms with Crippen molar-refractivity contribution >= 4 is 17.2 Å². The molecule has 0 rings (SSSR count). The molecule has 59 heavy (non-hydrogen) atoms. The monoisotopic (exact) mass is 1020 g/mol. The third-order valence-electron chi connectivity index (χ3n) is 5.90. The zero-order valence-electron chi connectivity index (χ0n) is 24.6. The molecule has 0 fully saturated rings. The largest absolute Gasteiger partial charge is 0.657 e. The molecular formula is C16F36O5SSi. The van der Waals surface area contributed by atoms with Gasteiger partial charge in [0.1, 0.15) is 0 Å². The Morgan fingerprint density at radius 1 is 0.254 bits per heavy atom. The van der Waals surface area contributed by atoms with Gasteiger partial charge in [0.05, 0.1) is 0 Å². The zero-order valence-corrected chi connectivity index (χ0v) is 26.4. The predicted molar refractivity (Wildman–Crippen MR) is 102 cm³/mol. The molecule has 0 N–H and O–H groups in total. The van der Waals surface area contributed by atoms with E-state index in [2.05, 4.69) is 0 Å². The van der Waals surface area contributed by atoms with Crippen LogP contribution in [0.1, 0.15) is 0 Å². The number of hydrogen-bond donors (Lipinski definition) is 0. The minimum Gasteiger partial charge on any atom is -0.297 e. The van der Waals surface area contributed by atoms with Gasteiger partial charge in [-0.1, -0.05) is 0 Å². The molecule has 5 nitrogen and oxygen atoms in total. The molecule has 356 valence electrons. The normalized spacial score (nSPS) is 17.2. The van der Waals surface area contributed by atoms with Crippen LogP contribution in [0.5, 0.6) is 0 Å². The Labute approximate surface area is 294 Å². The molecular weight excluding hydrogens is 1020 g/mol. The van der Waals surface area contributed by atoms with E-state index in [0.29, 0.717) is 0 Å². The standard InChI is InChI=1S/C16F36O5SSi/c17-1(18,5(25,26)9(33,34)35)3(21,22)7(29,30)13(45,46)55-59(56-14(47,48)11(39,40)41,57-15(49,50)12(42,43)44)58(53,54)16(51,52)8(31,32)4(23,24)2(19,20)6(27,28)10(36,37)38. The topological polar surface area (TPSA) is 61.8 Å². The summed E-state index contributed by atoms with van der Waals surface area (Å²) in [5, 5.41) is -10.3. The molecule has 0 bridgehead atoms. The zero-order chi connectivity index (χ0) is 49.1. The van der Waals surface area contributed by atoms with Crippen LogP contribution < -0.4 is 0 Å². The van der Waals surface area contributed by atoms with Crippen molar-refractivity contribution in [2.24, 2.45) is 0 Å². The summed E-state index contributed by atoms with van der Waals surface area (Å²) < 4.78 is 508. The fourth-order valence-electron chi connectivity index (χ4n) is 2.71. The van der Waals surface area contributed by atoms with Crippen molar-refractivity contribution in [2.75, 3.05) is 0 Å². The molecule has 0 saturated heterocycles. The van der Waals surface area contributed by atoms with Crippen molar-refractivity contribution in [3.63, 3.8) is 0 Å². The number of hydrogen-bond acceptors (Lipinski definition) is 5. The summed E-state index contributed by atoms with van der Waals surface area (Å²) in [6.07, 6.45) is -62.5. The first-order valence-electron chi connectivity index (χ1n) is 11.8. The van der Waals surface area contributed by atoms with Gasteiger partial charge >= 0.3 is 104 Å². The van der Waals surface area contributed by atoms with Crippen LogP contribution in [0.15, 0.2) is 0 Å². The van der Waals surface area contributed by atoms with Crippen molar-refractivity contribution in [3.05, 3.63) is 0 Å². The van der Waals surface area contributed by atoms with Crippen LogP contribution in [0.3, 0.4) is 0 Å². The van der Waals surface area contributed by atoms with Crippen LogP contribution in [0.4, 0.5) is 158 Å². The maximum Gasteiger partial charge on any atom is 0.657 e. The lowest BCUT2D eigenvalue weighted by atomic mass is 9.97. The molecule has 0 aromatic heterocycles. The van der Waals surface area contributed by atoms with Gasteiger partial charge in [-0.2, -0.15) is 158 Å². The lowest BCUT2D eigenvalue weighted by molar-refractivity contribution is -0.464.